The molecule has 1 aromatic carbocycles. The molecule has 0 aliphatic carbocycles. The Kier molecular flexibility index (Phi) is 5.73. The SMILES string of the molecule is Nc1cnc(C=CCNC(=O)OCc2ccccc2)c(Cl)n1. The van der Waals surface area contributed by atoms with Crippen LogP contribution in [-0.2, 0) is 11.3 Å². The molecule has 0 fully saturated rings. The van der Waals surface area contributed by atoms with Crippen molar-refractivity contribution >= 4 is 29.6 Å². The fourth-order valence-electron chi connectivity index (χ4n) is 1.59. The highest BCUT2D eigenvalue weighted by Crippen LogP contribution is 2.12. The summed E-state index contributed by atoms with van der Waals surface area (Å²) in [6, 6.07) is 9.44. The molecule has 0 unspecified atom stereocenters. The lowest BCUT2D eigenvalue weighted by Crippen LogP contribution is -2.24. The number of anilines is 1. The average molecular weight is 319 g/mol. The van der Waals surface area contributed by atoms with Crippen molar-refractivity contribution in [2.45, 2.75) is 6.61 Å². The minimum Gasteiger partial charge on any atom is -0.445 e. The molecule has 2 aromatic rings. The monoisotopic (exact) mass is 318 g/mol. The van der Waals surface area contributed by atoms with Crippen LogP contribution in [0.1, 0.15) is 11.3 Å². The van der Waals surface area contributed by atoms with Gasteiger partial charge in [-0.25, -0.2) is 14.8 Å². The van der Waals surface area contributed by atoms with E-state index in [1.165, 1.54) is 6.20 Å². The molecule has 6 nitrogen and oxygen atoms in total. The Morgan fingerprint density at radius 1 is 1.36 bits per heavy atom. The third-order valence-corrected chi connectivity index (χ3v) is 2.91. The number of amides is 1. The van der Waals surface area contributed by atoms with E-state index in [4.69, 9.17) is 22.1 Å². The zero-order valence-electron chi connectivity index (χ0n) is 11.7. The van der Waals surface area contributed by atoms with Crippen LogP contribution in [-0.4, -0.2) is 22.6 Å². The molecule has 0 radical (unpaired) electrons. The highest BCUT2D eigenvalue weighted by atomic mass is 35.5. The lowest BCUT2D eigenvalue weighted by Gasteiger charge is -2.05. The fourth-order valence-corrected chi connectivity index (χ4v) is 1.80. The number of nitrogens with two attached hydrogens (primary N) is 1. The summed E-state index contributed by atoms with van der Waals surface area (Å²) in [7, 11) is 0. The zero-order chi connectivity index (χ0) is 15.8. The fraction of sp³-hybridized carbons (Fsp3) is 0.133. The number of nitrogens with zero attached hydrogens (tertiary/aromatic N) is 2. The number of benzene rings is 1. The number of ether oxygens (including phenoxy) is 1. The van der Waals surface area contributed by atoms with Crippen molar-refractivity contribution in [3.63, 3.8) is 0 Å². The number of aromatic nitrogens is 2. The number of rotatable bonds is 5. The largest absolute Gasteiger partial charge is 0.445 e. The van der Waals surface area contributed by atoms with Crippen molar-refractivity contribution in [3.05, 3.63) is 59.0 Å². The van der Waals surface area contributed by atoms with Gasteiger partial charge in [-0.2, -0.15) is 0 Å². The number of nitrogen functional groups attached to an aromatic ring is 1. The van der Waals surface area contributed by atoms with Crippen molar-refractivity contribution in [2.75, 3.05) is 12.3 Å². The van der Waals surface area contributed by atoms with Crippen molar-refractivity contribution in [3.8, 4) is 0 Å². The van der Waals surface area contributed by atoms with Crippen LogP contribution in [0.25, 0.3) is 6.08 Å². The van der Waals surface area contributed by atoms with Crippen molar-refractivity contribution in [1.82, 2.24) is 15.3 Å². The van der Waals surface area contributed by atoms with Crippen LogP contribution < -0.4 is 11.1 Å². The smallest absolute Gasteiger partial charge is 0.407 e. The molecular formula is C15H15ClN4O2. The Morgan fingerprint density at radius 3 is 2.86 bits per heavy atom. The number of nitrogens with one attached hydrogen (secondary N) is 1. The summed E-state index contributed by atoms with van der Waals surface area (Å²) >= 11 is 5.87. The Labute approximate surface area is 133 Å². The first-order valence-corrected chi connectivity index (χ1v) is 6.92. The topological polar surface area (TPSA) is 90.1 Å². The van der Waals surface area contributed by atoms with Gasteiger partial charge in [0.15, 0.2) is 5.15 Å². The second-order valence-corrected chi connectivity index (χ2v) is 4.67. The number of carbonyl (C=O) groups is 1. The predicted molar refractivity (Wildman–Crippen MR) is 85.1 cm³/mol. The third-order valence-electron chi connectivity index (χ3n) is 2.63. The molecule has 3 N–H and O–H groups in total. The molecule has 114 valence electrons. The first-order valence-electron chi connectivity index (χ1n) is 6.54. The maximum Gasteiger partial charge on any atom is 0.407 e. The summed E-state index contributed by atoms with van der Waals surface area (Å²) in [5.41, 5.74) is 6.86. The Hall–Kier alpha value is -2.60. The van der Waals surface area contributed by atoms with Gasteiger partial charge in [0.2, 0.25) is 0 Å². The van der Waals surface area contributed by atoms with E-state index in [2.05, 4.69) is 15.3 Å². The van der Waals surface area contributed by atoms with Gasteiger partial charge < -0.3 is 15.8 Å². The number of alkyl carbamates (subject to hydrolysis) is 1. The molecule has 22 heavy (non-hydrogen) atoms. The van der Waals surface area contributed by atoms with Crippen LogP contribution in [0, 0.1) is 0 Å². The van der Waals surface area contributed by atoms with Gasteiger partial charge in [0.05, 0.1) is 6.20 Å². The van der Waals surface area contributed by atoms with Crippen LogP contribution >= 0.6 is 11.6 Å². The molecule has 0 saturated carbocycles. The molecule has 2 rings (SSSR count). The minimum absolute atomic E-state index is 0.211. The highest BCUT2D eigenvalue weighted by Gasteiger charge is 2.02. The second-order valence-electron chi connectivity index (χ2n) is 4.32. The van der Waals surface area contributed by atoms with Crippen LogP contribution in [0.3, 0.4) is 0 Å². The van der Waals surface area contributed by atoms with Crippen molar-refractivity contribution < 1.29 is 9.53 Å². The number of hydrogen-bond donors (Lipinski definition) is 2. The lowest BCUT2D eigenvalue weighted by atomic mass is 10.2. The van der Waals surface area contributed by atoms with Crippen molar-refractivity contribution in [1.29, 1.82) is 0 Å². The van der Waals surface area contributed by atoms with E-state index in [0.29, 0.717) is 5.69 Å². The molecule has 0 spiro atoms. The van der Waals surface area contributed by atoms with E-state index in [1.54, 1.807) is 12.2 Å². The quantitative estimate of drug-likeness (QED) is 0.884. The molecule has 1 amide bonds. The molecule has 1 aromatic heterocycles. The van der Waals surface area contributed by atoms with Gasteiger partial charge in [0, 0.05) is 6.54 Å². The predicted octanol–water partition coefficient (Wildman–Crippen LogP) is 2.65. The Morgan fingerprint density at radius 2 is 2.14 bits per heavy atom. The summed E-state index contributed by atoms with van der Waals surface area (Å²) < 4.78 is 5.07. The molecule has 0 saturated heterocycles. The lowest BCUT2D eigenvalue weighted by molar-refractivity contribution is 0.141. The Balaban J connectivity index is 1.73. The van der Waals surface area contributed by atoms with Gasteiger partial charge in [-0.3, -0.25) is 0 Å². The highest BCUT2D eigenvalue weighted by molar-refractivity contribution is 6.30. The first-order chi connectivity index (χ1) is 10.6. The van der Waals surface area contributed by atoms with Crippen LogP contribution in [0.15, 0.2) is 42.6 Å². The summed E-state index contributed by atoms with van der Waals surface area (Å²) in [4.78, 5) is 19.4. The summed E-state index contributed by atoms with van der Waals surface area (Å²) in [6.07, 6.45) is 4.25. The van der Waals surface area contributed by atoms with E-state index in [1.807, 2.05) is 30.3 Å². The maximum atomic E-state index is 11.5. The van der Waals surface area contributed by atoms with Crippen LogP contribution in [0.4, 0.5) is 10.6 Å². The number of carbonyl (C=O) groups excluding carboxylic acids is 1. The third kappa shape index (κ3) is 5.06. The van der Waals surface area contributed by atoms with E-state index >= 15 is 0 Å². The van der Waals surface area contributed by atoms with Gasteiger partial charge in [0.1, 0.15) is 18.1 Å². The summed E-state index contributed by atoms with van der Waals surface area (Å²) in [5, 5.41) is 2.80. The minimum atomic E-state index is -0.497. The van der Waals surface area contributed by atoms with Crippen molar-refractivity contribution in [2.24, 2.45) is 0 Å². The molecule has 0 bridgehead atoms. The summed E-state index contributed by atoms with van der Waals surface area (Å²) in [5.74, 6) is 0.254. The average Bonchev–Trinajstić information content (AvgIpc) is 2.52. The number of halogens is 1. The first kappa shape index (κ1) is 15.8. The van der Waals surface area contributed by atoms with E-state index in [-0.39, 0.29) is 24.1 Å². The molecule has 7 heteroatoms. The molecular weight excluding hydrogens is 304 g/mol. The molecule has 0 atom stereocenters. The molecule has 0 aliphatic rings. The van der Waals surface area contributed by atoms with E-state index in [9.17, 15) is 4.79 Å². The maximum absolute atomic E-state index is 11.5. The van der Waals surface area contributed by atoms with Crippen LogP contribution in [0.5, 0.6) is 0 Å². The Bertz CT molecular complexity index is 662. The van der Waals surface area contributed by atoms with Crippen LogP contribution in [0.2, 0.25) is 5.15 Å². The van der Waals surface area contributed by atoms with E-state index in [0.717, 1.165) is 5.56 Å². The van der Waals surface area contributed by atoms with Gasteiger partial charge in [-0.1, -0.05) is 48.0 Å². The van der Waals surface area contributed by atoms with Gasteiger partial charge in [0.25, 0.3) is 0 Å². The zero-order valence-corrected chi connectivity index (χ0v) is 12.5. The van der Waals surface area contributed by atoms with Gasteiger partial charge in [-0.15, -0.1) is 0 Å². The normalized spacial score (nSPS) is 10.6. The second kappa shape index (κ2) is 7.99. The standard InChI is InChI=1S/C15H15ClN4O2/c16-14-12(19-9-13(17)20-14)7-4-8-18-15(21)22-10-11-5-2-1-3-6-11/h1-7,9H,8,10H2,(H2,17,20)(H,18,21). The van der Waals surface area contributed by atoms with Gasteiger partial charge in [-0.05, 0) is 11.6 Å². The number of hydrogen-bond acceptors (Lipinski definition) is 5. The summed E-state index contributed by atoms with van der Waals surface area (Å²) in [6.45, 7) is 0.516. The molecule has 0 aliphatic heterocycles. The van der Waals surface area contributed by atoms with E-state index < -0.39 is 6.09 Å². The molecule has 1 heterocycles. The van der Waals surface area contributed by atoms with Gasteiger partial charge >= 0.3 is 6.09 Å².